The summed E-state index contributed by atoms with van der Waals surface area (Å²) in [5.41, 5.74) is 3.38. The average Bonchev–Trinajstić information content (AvgIpc) is 3.04. The van der Waals surface area contributed by atoms with Crippen molar-refractivity contribution in [3.05, 3.63) is 53.9 Å². The van der Waals surface area contributed by atoms with Crippen LogP contribution in [0.15, 0.2) is 42.7 Å². The Kier molecular flexibility index (Phi) is 4.56. The second kappa shape index (κ2) is 7.02. The highest BCUT2D eigenvalue weighted by Crippen LogP contribution is 2.26. The maximum absolute atomic E-state index is 13.3. The van der Waals surface area contributed by atoms with Crippen molar-refractivity contribution >= 4 is 16.9 Å². The second-order valence-electron chi connectivity index (χ2n) is 6.94. The van der Waals surface area contributed by atoms with Gasteiger partial charge in [0.2, 0.25) is 0 Å². The highest BCUT2D eigenvalue weighted by atomic mass is 19.1. The van der Waals surface area contributed by atoms with Gasteiger partial charge >= 0.3 is 0 Å². The predicted molar refractivity (Wildman–Crippen MR) is 102 cm³/mol. The molecule has 0 saturated carbocycles. The molecule has 3 aromatic rings. The molecule has 27 heavy (non-hydrogen) atoms. The summed E-state index contributed by atoms with van der Waals surface area (Å²) in [5.74, 6) is 0.720. The van der Waals surface area contributed by atoms with Crippen molar-refractivity contribution in [2.75, 3.05) is 20.2 Å². The molecule has 0 radical (unpaired) electrons. The Labute approximate surface area is 157 Å². The third-order valence-corrected chi connectivity index (χ3v) is 5.15. The number of hydrogen-bond acceptors (Lipinski definition) is 3. The number of fused-ring (bicyclic) bond motifs is 1. The van der Waals surface area contributed by atoms with Gasteiger partial charge in [0.15, 0.2) is 0 Å². The van der Waals surface area contributed by atoms with E-state index in [4.69, 9.17) is 4.74 Å². The van der Waals surface area contributed by atoms with Crippen molar-refractivity contribution in [3.8, 4) is 11.4 Å². The Hall–Kier alpha value is -2.89. The van der Waals surface area contributed by atoms with Crippen LogP contribution < -0.4 is 4.74 Å². The first-order chi connectivity index (χ1) is 13.1. The molecule has 5 nitrogen and oxygen atoms in total. The predicted octanol–water partition coefficient (Wildman–Crippen LogP) is 3.92. The summed E-state index contributed by atoms with van der Waals surface area (Å²) in [6.07, 6.45) is 3.66. The van der Waals surface area contributed by atoms with Crippen LogP contribution in [0.25, 0.3) is 16.7 Å². The molecule has 1 aromatic carbocycles. The van der Waals surface area contributed by atoms with Gasteiger partial charge in [-0.2, -0.15) is 0 Å². The van der Waals surface area contributed by atoms with Crippen LogP contribution in [0.3, 0.4) is 0 Å². The van der Waals surface area contributed by atoms with E-state index in [0.29, 0.717) is 31.5 Å². The van der Waals surface area contributed by atoms with Crippen molar-refractivity contribution in [1.82, 2.24) is 14.5 Å². The number of methoxy groups -OCH3 is 1. The Morgan fingerprint density at radius 1 is 1.22 bits per heavy atom. The van der Waals surface area contributed by atoms with E-state index in [1.54, 1.807) is 18.2 Å². The Morgan fingerprint density at radius 2 is 1.93 bits per heavy atom. The van der Waals surface area contributed by atoms with E-state index in [0.717, 1.165) is 28.0 Å². The number of amides is 1. The number of nitrogens with zero attached hydrogens (tertiary/aromatic N) is 3. The maximum Gasteiger partial charge on any atom is 0.255 e. The number of benzene rings is 1. The molecular formula is C21H22FN3O2. The summed E-state index contributed by atoms with van der Waals surface area (Å²) in [6, 6.07) is 9.65. The van der Waals surface area contributed by atoms with Crippen LogP contribution in [0, 0.1) is 6.92 Å². The van der Waals surface area contributed by atoms with Crippen molar-refractivity contribution in [3.63, 3.8) is 0 Å². The number of ether oxygens (including phenoxy) is 1. The van der Waals surface area contributed by atoms with Crippen molar-refractivity contribution in [1.29, 1.82) is 0 Å². The highest BCUT2D eigenvalue weighted by Gasteiger charge is 2.24. The summed E-state index contributed by atoms with van der Waals surface area (Å²) in [5, 5.41) is 0.942. The van der Waals surface area contributed by atoms with E-state index in [2.05, 4.69) is 4.98 Å². The Bertz CT molecular complexity index is 973. The Balaban J connectivity index is 1.67. The molecule has 1 aliphatic rings. The van der Waals surface area contributed by atoms with Crippen LogP contribution in [-0.4, -0.2) is 46.7 Å². The third kappa shape index (κ3) is 3.27. The molecule has 2 aromatic heterocycles. The molecule has 0 unspecified atom stereocenters. The molecule has 0 spiro atoms. The fourth-order valence-electron chi connectivity index (χ4n) is 3.55. The number of alkyl halides is 1. The van der Waals surface area contributed by atoms with Crippen LogP contribution in [-0.2, 0) is 0 Å². The largest absolute Gasteiger partial charge is 0.497 e. The number of halogens is 1. The number of piperidine rings is 1. The molecule has 3 heterocycles. The molecule has 0 aliphatic carbocycles. The fraction of sp³-hybridized carbons (Fsp3) is 0.333. The number of likely N-dealkylation sites (tertiary alicyclic amines) is 1. The first-order valence-electron chi connectivity index (χ1n) is 9.12. The van der Waals surface area contributed by atoms with Gasteiger partial charge in [0.1, 0.15) is 17.6 Å². The lowest BCUT2D eigenvalue weighted by Gasteiger charge is -2.28. The van der Waals surface area contributed by atoms with Crippen LogP contribution in [0.1, 0.15) is 28.8 Å². The molecule has 1 aliphatic heterocycles. The zero-order chi connectivity index (χ0) is 19.0. The number of pyridine rings is 1. The van der Waals surface area contributed by atoms with E-state index in [1.807, 2.05) is 48.0 Å². The lowest BCUT2D eigenvalue weighted by Crippen LogP contribution is -2.39. The minimum atomic E-state index is -0.796. The number of rotatable bonds is 3. The van der Waals surface area contributed by atoms with Gasteiger partial charge in [-0.3, -0.25) is 4.79 Å². The normalized spacial score (nSPS) is 15.3. The van der Waals surface area contributed by atoms with Gasteiger partial charge in [-0.1, -0.05) is 0 Å². The fourth-order valence-corrected chi connectivity index (χ4v) is 3.55. The van der Waals surface area contributed by atoms with E-state index < -0.39 is 6.17 Å². The second-order valence-corrected chi connectivity index (χ2v) is 6.94. The maximum atomic E-state index is 13.3. The summed E-state index contributed by atoms with van der Waals surface area (Å²) in [4.78, 5) is 19.0. The SMILES string of the molecule is COc1ccc(-n2cc(C)c3cc(C(=O)N4CCC(F)CC4)cnc32)cc1. The number of carbonyl (C=O) groups is 1. The first-order valence-corrected chi connectivity index (χ1v) is 9.12. The monoisotopic (exact) mass is 367 g/mol. The van der Waals surface area contributed by atoms with Crippen molar-refractivity contribution < 1.29 is 13.9 Å². The lowest BCUT2D eigenvalue weighted by atomic mass is 10.1. The summed E-state index contributed by atoms with van der Waals surface area (Å²) in [6.45, 7) is 2.93. The Morgan fingerprint density at radius 3 is 2.59 bits per heavy atom. The van der Waals surface area contributed by atoms with Gasteiger partial charge in [0.25, 0.3) is 5.91 Å². The molecule has 1 amide bonds. The van der Waals surface area contributed by atoms with Gasteiger partial charge in [0, 0.05) is 36.6 Å². The van der Waals surface area contributed by atoms with Gasteiger partial charge < -0.3 is 14.2 Å². The van der Waals surface area contributed by atoms with Gasteiger partial charge in [0.05, 0.1) is 12.7 Å². The number of aryl methyl sites for hydroxylation is 1. The lowest BCUT2D eigenvalue weighted by molar-refractivity contribution is 0.0667. The highest BCUT2D eigenvalue weighted by molar-refractivity contribution is 5.98. The van der Waals surface area contributed by atoms with Gasteiger partial charge in [-0.25, -0.2) is 9.37 Å². The quantitative estimate of drug-likeness (QED) is 0.705. The minimum Gasteiger partial charge on any atom is -0.497 e. The van der Waals surface area contributed by atoms with E-state index in [-0.39, 0.29) is 5.91 Å². The molecular weight excluding hydrogens is 345 g/mol. The average molecular weight is 367 g/mol. The number of aromatic nitrogens is 2. The molecule has 0 N–H and O–H groups in total. The minimum absolute atomic E-state index is 0.0760. The van der Waals surface area contributed by atoms with Crippen LogP contribution in [0.4, 0.5) is 4.39 Å². The zero-order valence-corrected chi connectivity index (χ0v) is 15.5. The molecule has 6 heteroatoms. The first kappa shape index (κ1) is 17.5. The van der Waals surface area contributed by atoms with Crippen molar-refractivity contribution in [2.45, 2.75) is 25.9 Å². The summed E-state index contributed by atoms with van der Waals surface area (Å²) >= 11 is 0. The van der Waals surface area contributed by atoms with Crippen LogP contribution >= 0.6 is 0 Å². The van der Waals surface area contributed by atoms with Gasteiger partial charge in [-0.05, 0) is 55.7 Å². The molecule has 1 saturated heterocycles. The molecule has 1 fully saturated rings. The molecule has 140 valence electrons. The number of hydrogen-bond donors (Lipinski definition) is 0. The van der Waals surface area contributed by atoms with E-state index >= 15 is 0 Å². The molecule has 4 rings (SSSR count). The van der Waals surface area contributed by atoms with Crippen LogP contribution in [0.5, 0.6) is 5.75 Å². The smallest absolute Gasteiger partial charge is 0.255 e. The van der Waals surface area contributed by atoms with E-state index in [9.17, 15) is 9.18 Å². The zero-order valence-electron chi connectivity index (χ0n) is 15.5. The topological polar surface area (TPSA) is 47.4 Å². The summed E-state index contributed by atoms with van der Waals surface area (Å²) < 4.78 is 20.6. The molecule has 0 bridgehead atoms. The van der Waals surface area contributed by atoms with Crippen molar-refractivity contribution in [2.24, 2.45) is 0 Å². The van der Waals surface area contributed by atoms with E-state index in [1.165, 1.54) is 0 Å². The molecule has 0 atom stereocenters. The standard InChI is InChI=1S/C21H22FN3O2/c1-14-13-25(17-3-5-18(27-2)6-4-17)20-19(14)11-15(12-23-20)21(26)24-9-7-16(22)8-10-24/h3-6,11-13,16H,7-10H2,1-2H3. The third-order valence-electron chi connectivity index (χ3n) is 5.15. The number of carbonyl (C=O) groups excluding carboxylic acids is 1. The van der Waals surface area contributed by atoms with Gasteiger partial charge in [-0.15, -0.1) is 0 Å². The van der Waals surface area contributed by atoms with Crippen LogP contribution in [0.2, 0.25) is 0 Å². The summed E-state index contributed by atoms with van der Waals surface area (Å²) in [7, 11) is 1.64.